The largest absolute Gasteiger partial charge is 0.459 e. The maximum atomic E-state index is 11.9. The van der Waals surface area contributed by atoms with Crippen molar-refractivity contribution in [3.63, 3.8) is 0 Å². The van der Waals surface area contributed by atoms with Crippen LogP contribution in [0.4, 0.5) is 5.13 Å². The molecule has 3 aromatic rings. The second-order valence-corrected chi connectivity index (χ2v) is 6.26. The van der Waals surface area contributed by atoms with E-state index in [-0.39, 0.29) is 30.5 Å². The molecule has 2 heterocycles. The van der Waals surface area contributed by atoms with Crippen molar-refractivity contribution in [2.45, 2.75) is 12.8 Å². The lowest BCUT2D eigenvalue weighted by atomic mass is 10.2. The lowest BCUT2D eigenvalue weighted by Gasteiger charge is -2.03. The zero-order valence-electron chi connectivity index (χ0n) is 13.3. The van der Waals surface area contributed by atoms with Crippen LogP contribution in [0.25, 0.3) is 0 Å². The smallest absolute Gasteiger partial charge is 0.286 e. The van der Waals surface area contributed by atoms with E-state index < -0.39 is 0 Å². The predicted molar refractivity (Wildman–Crippen MR) is 93.4 cm³/mol. The monoisotopic (exact) mass is 356 g/mol. The first-order valence-electron chi connectivity index (χ1n) is 7.68. The van der Waals surface area contributed by atoms with Crippen molar-refractivity contribution in [1.29, 1.82) is 0 Å². The van der Waals surface area contributed by atoms with Crippen LogP contribution >= 0.6 is 11.3 Å². The molecule has 2 amide bonds. The van der Waals surface area contributed by atoms with E-state index in [4.69, 9.17) is 4.42 Å². The molecule has 1 aromatic carbocycles. The molecule has 0 aliphatic rings. The van der Waals surface area contributed by atoms with Crippen molar-refractivity contribution in [2.24, 2.45) is 0 Å². The first-order valence-corrected chi connectivity index (χ1v) is 8.50. The summed E-state index contributed by atoms with van der Waals surface area (Å²) in [7, 11) is 0. The maximum Gasteiger partial charge on any atom is 0.286 e. The van der Waals surface area contributed by atoms with Crippen LogP contribution in [-0.2, 0) is 11.2 Å². The number of furan rings is 1. The highest BCUT2D eigenvalue weighted by molar-refractivity contribution is 7.15. The van der Waals surface area contributed by atoms with Gasteiger partial charge in [-0.25, -0.2) is 0 Å². The number of anilines is 1. The number of hydrogen-bond acceptors (Lipinski definition) is 6. The van der Waals surface area contributed by atoms with Crippen LogP contribution in [0.3, 0.4) is 0 Å². The minimum Gasteiger partial charge on any atom is -0.459 e. The van der Waals surface area contributed by atoms with Gasteiger partial charge in [0.25, 0.3) is 5.91 Å². The fourth-order valence-corrected chi connectivity index (χ4v) is 2.90. The summed E-state index contributed by atoms with van der Waals surface area (Å²) in [6.07, 6.45) is 2.23. The van der Waals surface area contributed by atoms with Crippen LogP contribution < -0.4 is 10.6 Å². The Morgan fingerprint density at radius 2 is 1.92 bits per heavy atom. The van der Waals surface area contributed by atoms with Crippen molar-refractivity contribution in [3.8, 4) is 0 Å². The lowest BCUT2D eigenvalue weighted by molar-refractivity contribution is -0.116. The molecular formula is C17H16N4O3S. The Labute approximate surface area is 148 Å². The Balaban J connectivity index is 1.43. The molecule has 128 valence electrons. The van der Waals surface area contributed by atoms with Crippen molar-refractivity contribution in [2.75, 3.05) is 11.9 Å². The van der Waals surface area contributed by atoms with Crippen molar-refractivity contribution in [3.05, 3.63) is 65.1 Å². The van der Waals surface area contributed by atoms with Gasteiger partial charge in [-0.2, -0.15) is 0 Å². The topological polar surface area (TPSA) is 97.1 Å². The van der Waals surface area contributed by atoms with Crippen molar-refractivity contribution >= 4 is 28.3 Å². The molecule has 2 aromatic heterocycles. The molecular weight excluding hydrogens is 340 g/mol. The Bertz CT molecular complexity index is 831. The average molecular weight is 356 g/mol. The van der Waals surface area contributed by atoms with E-state index in [2.05, 4.69) is 20.8 Å². The molecule has 0 unspecified atom stereocenters. The Kier molecular flexibility index (Phi) is 5.53. The summed E-state index contributed by atoms with van der Waals surface area (Å²) in [6, 6.07) is 13.1. The van der Waals surface area contributed by atoms with Gasteiger partial charge in [0.05, 0.1) is 6.26 Å². The summed E-state index contributed by atoms with van der Waals surface area (Å²) < 4.78 is 4.97. The highest BCUT2D eigenvalue weighted by atomic mass is 32.1. The number of nitrogens with zero attached hydrogens (tertiary/aromatic N) is 2. The van der Waals surface area contributed by atoms with Crippen LogP contribution in [0.15, 0.2) is 53.1 Å². The maximum absolute atomic E-state index is 11.9. The quantitative estimate of drug-likeness (QED) is 0.678. The molecule has 0 saturated heterocycles. The number of aromatic nitrogens is 2. The SMILES string of the molecule is O=C(CCNC(=O)c1ccco1)Nc1nnc(Cc2ccccc2)s1. The van der Waals surface area contributed by atoms with Gasteiger partial charge in [-0.3, -0.25) is 9.59 Å². The minimum atomic E-state index is -0.348. The van der Waals surface area contributed by atoms with Gasteiger partial charge in [0.15, 0.2) is 5.76 Å². The average Bonchev–Trinajstić information content (AvgIpc) is 3.28. The van der Waals surface area contributed by atoms with Gasteiger partial charge in [-0.15, -0.1) is 10.2 Å². The predicted octanol–water partition coefficient (Wildman–Crippen LogP) is 2.48. The number of carbonyl (C=O) groups excluding carboxylic acids is 2. The van der Waals surface area contributed by atoms with Crippen molar-refractivity contribution in [1.82, 2.24) is 15.5 Å². The van der Waals surface area contributed by atoms with Gasteiger partial charge < -0.3 is 15.1 Å². The first-order chi connectivity index (χ1) is 12.2. The molecule has 0 aliphatic heterocycles. The zero-order valence-corrected chi connectivity index (χ0v) is 14.1. The van der Waals surface area contributed by atoms with Gasteiger partial charge >= 0.3 is 0 Å². The van der Waals surface area contributed by atoms with Gasteiger partial charge in [0.1, 0.15) is 5.01 Å². The van der Waals surface area contributed by atoms with Crippen LogP contribution in [-0.4, -0.2) is 28.6 Å². The van der Waals surface area contributed by atoms with Gasteiger partial charge in [-0.1, -0.05) is 41.7 Å². The minimum absolute atomic E-state index is 0.139. The van der Waals surface area contributed by atoms with E-state index in [1.165, 1.54) is 17.6 Å². The number of amides is 2. The molecule has 0 aliphatic carbocycles. The number of nitrogens with one attached hydrogen (secondary N) is 2. The van der Waals surface area contributed by atoms with E-state index >= 15 is 0 Å². The standard InChI is InChI=1S/C17H16N4O3S/c22-14(8-9-18-16(23)13-7-4-10-24-13)19-17-21-20-15(25-17)11-12-5-2-1-3-6-12/h1-7,10H,8-9,11H2,(H,18,23)(H,19,21,22). The number of rotatable bonds is 7. The second-order valence-electron chi connectivity index (χ2n) is 5.19. The molecule has 0 saturated carbocycles. The van der Waals surface area contributed by atoms with E-state index in [0.717, 1.165) is 10.6 Å². The van der Waals surface area contributed by atoms with Crippen LogP contribution in [0.1, 0.15) is 27.5 Å². The van der Waals surface area contributed by atoms with E-state index in [0.29, 0.717) is 11.6 Å². The number of benzene rings is 1. The van der Waals surface area contributed by atoms with Gasteiger partial charge in [0, 0.05) is 19.4 Å². The third-order valence-electron chi connectivity index (χ3n) is 3.29. The van der Waals surface area contributed by atoms with Gasteiger partial charge in [0.2, 0.25) is 11.0 Å². The lowest BCUT2D eigenvalue weighted by Crippen LogP contribution is -2.27. The van der Waals surface area contributed by atoms with E-state index in [1.807, 2.05) is 30.3 Å². The molecule has 0 bridgehead atoms. The molecule has 0 atom stereocenters. The fourth-order valence-electron chi connectivity index (χ4n) is 2.11. The Morgan fingerprint density at radius 3 is 2.68 bits per heavy atom. The zero-order chi connectivity index (χ0) is 17.5. The molecule has 25 heavy (non-hydrogen) atoms. The van der Waals surface area contributed by atoms with E-state index in [9.17, 15) is 9.59 Å². The Morgan fingerprint density at radius 1 is 1.08 bits per heavy atom. The molecule has 8 heteroatoms. The first kappa shape index (κ1) is 16.8. The third-order valence-corrected chi connectivity index (χ3v) is 4.13. The highest BCUT2D eigenvalue weighted by Crippen LogP contribution is 2.18. The van der Waals surface area contributed by atoms with Crippen LogP contribution in [0.5, 0.6) is 0 Å². The van der Waals surface area contributed by atoms with Crippen LogP contribution in [0, 0.1) is 0 Å². The molecule has 7 nitrogen and oxygen atoms in total. The molecule has 0 spiro atoms. The summed E-state index contributed by atoms with van der Waals surface area (Å²) >= 11 is 1.34. The van der Waals surface area contributed by atoms with Crippen molar-refractivity contribution < 1.29 is 14.0 Å². The summed E-state index contributed by atoms with van der Waals surface area (Å²) in [4.78, 5) is 23.6. The summed E-state index contributed by atoms with van der Waals surface area (Å²) in [5.74, 6) is -0.365. The molecule has 2 N–H and O–H groups in total. The summed E-state index contributed by atoms with van der Waals surface area (Å²) in [5.41, 5.74) is 1.14. The normalized spacial score (nSPS) is 10.4. The Hall–Kier alpha value is -3.00. The third kappa shape index (κ3) is 4.98. The highest BCUT2D eigenvalue weighted by Gasteiger charge is 2.11. The summed E-state index contributed by atoms with van der Waals surface area (Å²) in [6.45, 7) is 0.209. The second kappa shape index (κ2) is 8.20. The fraction of sp³-hybridized carbons (Fsp3) is 0.176. The summed E-state index contributed by atoms with van der Waals surface area (Å²) in [5, 5.41) is 14.6. The van der Waals surface area contributed by atoms with Gasteiger partial charge in [-0.05, 0) is 17.7 Å². The molecule has 0 radical (unpaired) electrons. The van der Waals surface area contributed by atoms with E-state index in [1.54, 1.807) is 12.1 Å². The number of carbonyl (C=O) groups is 2. The number of hydrogen-bond donors (Lipinski definition) is 2. The molecule has 0 fully saturated rings. The van der Waals surface area contributed by atoms with Crippen LogP contribution in [0.2, 0.25) is 0 Å². The molecule has 3 rings (SSSR count).